The van der Waals surface area contributed by atoms with E-state index in [0.717, 1.165) is 5.56 Å². The van der Waals surface area contributed by atoms with E-state index in [1.54, 1.807) is 40.6 Å². The molecule has 0 saturated carbocycles. The molecule has 23 heavy (non-hydrogen) atoms. The first-order chi connectivity index (χ1) is 10.8. The van der Waals surface area contributed by atoms with Gasteiger partial charge in [-0.3, -0.25) is 14.8 Å². The van der Waals surface area contributed by atoms with Gasteiger partial charge in [0.15, 0.2) is 0 Å². The fraction of sp³-hybridized carbons (Fsp3) is 0.312. The number of rotatable bonds is 4. The zero-order chi connectivity index (χ0) is 17.0. The molecule has 0 saturated heterocycles. The van der Waals surface area contributed by atoms with Gasteiger partial charge in [0.25, 0.3) is 11.8 Å². The normalized spacial score (nSPS) is 12.5. The molecule has 122 valence electrons. The predicted molar refractivity (Wildman–Crippen MR) is 87.5 cm³/mol. The van der Waals surface area contributed by atoms with E-state index in [2.05, 4.69) is 10.3 Å². The Morgan fingerprint density at radius 3 is 2.30 bits per heavy atom. The van der Waals surface area contributed by atoms with Crippen LogP contribution in [0.15, 0.2) is 35.2 Å². The van der Waals surface area contributed by atoms with E-state index in [0.29, 0.717) is 11.3 Å². The lowest BCUT2D eigenvalue weighted by atomic mass is 9.82. The minimum atomic E-state index is -0.574. The number of aromatic nitrogens is 1. The molecule has 0 spiro atoms. The number of carbonyl (C=O) groups is 2. The average molecular weight is 333 g/mol. The van der Waals surface area contributed by atoms with Crippen LogP contribution < -0.4 is 10.8 Å². The van der Waals surface area contributed by atoms with Crippen molar-refractivity contribution in [1.82, 2.24) is 15.8 Å². The average Bonchev–Trinajstić information content (AvgIpc) is 3.05. The second kappa shape index (κ2) is 6.89. The number of thiazole rings is 1. The van der Waals surface area contributed by atoms with E-state index >= 15 is 0 Å². The molecule has 0 fully saturated rings. The number of hydrogen-bond donors (Lipinski definition) is 3. The van der Waals surface area contributed by atoms with Gasteiger partial charge in [-0.15, -0.1) is 11.3 Å². The molecule has 1 heterocycles. The van der Waals surface area contributed by atoms with Crippen LogP contribution in [0.4, 0.5) is 0 Å². The monoisotopic (exact) mass is 333 g/mol. The summed E-state index contributed by atoms with van der Waals surface area (Å²) in [6.07, 6.45) is 0. The van der Waals surface area contributed by atoms with Crippen molar-refractivity contribution in [3.63, 3.8) is 0 Å². The van der Waals surface area contributed by atoms with Gasteiger partial charge in [-0.1, -0.05) is 32.9 Å². The summed E-state index contributed by atoms with van der Waals surface area (Å²) in [5.74, 6) is -0.807. The molecular formula is C16H19N3O3S. The molecule has 7 heteroatoms. The van der Waals surface area contributed by atoms with E-state index in [1.165, 1.54) is 11.3 Å². The number of nitrogens with one attached hydrogen (secondary N) is 2. The number of hydrogen-bond acceptors (Lipinski definition) is 5. The number of hydroxylamine groups is 1. The first-order valence-corrected chi connectivity index (χ1v) is 8.00. The summed E-state index contributed by atoms with van der Waals surface area (Å²) >= 11 is 1.37. The minimum Gasteiger partial charge on any atom is -0.343 e. The number of carbonyl (C=O) groups excluding carboxylic acids is 2. The number of benzene rings is 1. The molecular weight excluding hydrogens is 314 g/mol. The fourth-order valence-corrected chi connectivity index (χ4v) is 2.75. The van der Waals surface area contributed by atoms with Crippen LogP contribution in [-0.4, -0.2) is 22.0 Å². The quantitative estimate of drug-likeness (QED) is 0.593. The third kappa shape index (κ3) is 4.14. The van der Waals surface area contributed by atoms with Crippen molar-refractivity contribution in [2.45, 2.75) is 26.8 Å². The van der Waals surface area contributed by atoms with Crippen molar-refractivity contribution >= 4 is 23.2 Å². The zero-order valence-corrected chi connectivity index (χ0v) is 14.0. The third-order valence-electron chi connectivity index (χ3n) is 3.41. The number of amides is 2. The maximum Gasteiger partial charge on any atom is 0.274 e. The summed E-state index contributed by atoms with van der Waals surface area (Å²) in [5.41, 5.74) is 4.58. The van der Waals surface area contributed by atoms with Gasteiger partial charge in [-0.05, 0) is 23.1 Å². The second-order valence-corrected chi connectivity index (χ2v) is 6.93. The molecule has 1 atom stereocenters. The molecule has 0 bridgehead atoms. The summed E-state index contributed by atoms with van der Waals surface area (Å²) in [5, 5.41) is 13.3. The van der Waals surface area contributed by atoms with Gasteiger partial charge in [-0.2, -0.15) is 0 Å². The first kappa shape index (κ1) is 17.1. The smallest absolute Gasteiger partial charge is 0.274 e. The topological polar surface area (TPSA) is 91.3 Å². The van der Waals surface area contributed by atoms with E-state index in [1.807, 2.05) is 20.8 Å². The zero-order valence-electron chi connectivity index (χ0n) is 13.2. The van der Waals surface area contributed by atoms with Gasteiger partial charge >= 0.3 is 0 Å². The Hall–Kier alpha value is -2.25. The van der Waals surface area contributed by atoms with Crippen molar-refractivity contribution in [1.29, 1.82) is 0 Å². The molecule has 3 N–H and O–H groups in total. The SMILES string of the molecule is CC(C)(C)C(NC(=O)c1cscn1)c1ccc(C(=O)NO)cc1. The van der Waals surface area contributed by atoms with Crippen molar-refractivity contribution in [2.24, 2.45) is 5.41 Å². The van der Waals surface area contributed by atoms with Gasteiger partial charge in [0, 0.05) is 10.9 Å². The summed E-state index contributed by atoms with van der Waals surface area (Å²) in [4.78, 5) is 27.7. The molecule has 1 aromatic heterocycles. The predicted octanol–water partition coefficient (Wildman–Crippen LogP) is 2.78. The van der Waals surface area contributed by atoms with Crippen LogP contribution in [0.25, 0.3) is 0 Å². The van der Waals surface area contributed by atoms with Gasteiger partial charge in [0.2, 0.25) is 0 Å². The van der Waals surface area contributed by atoms with Gasteiger partial charge in [0.05, 0.1) is 11.6 Å². The molecule has 1 unspecified atom stereocenters. The molecule has 1 aromatic carbocycles. The van der Waals surface area contributed by atoms with Crippen molar-refractivity contribution < 1.29 is 14.8 Å². The molecule has 0 radical (unpaired) electrons. The van der Waals surface area contributed by atoms with Crippen LogP contribution in [0.3, 0.4) is 0 Å². The number of nitrogens with zero attached hydrogens (tertiary/aromatic N) is 1. The second-order valence-electron chi connectivity index (χ2n) is 6.21. The van der Waals surface area contributed by atoms with E-state index in [4.69, 9.17) is 5.21 Å². The molecule has 2 aromatic rings. The fourth-order valence-electron chi connectivity index (χ4n) is 2.22. The maximum atomic E-state index is 12.3. The van der Waals surface area contributed by atoms with Crippen LogP contribution in [-0.2, 0) is 0 Å². The first-order valence-electron chi connectivity index (χ1n) is 7.06. The Morgan fingerprint density at radius 1 is 1.17 bits per heavy atom. The largest absolute Gasteiger partial charge is 0.343 e. The Bertz CT molecular complexity index is 676. The molecule has 0 aliphatic rings. The van der Waals surface area contributed by atoms with Crippen LogP contribution in [0.1, 0.15) is 53.2 Å². The van der Waals surface area contributed by atoms with Crippen molar-refractivity contribution in [3.05, 3.63) is 52.0 Å². The van der Waals surface area contributed by atoms with Gasteiger partial charge in [-0.25, -0.2) is 10.5 Å². The highest BCUT2D eigenvalue weighted by molar-refractivity contribution is 7.07. The van der Waals surface area contributed by atoms with Gasteiger partial charge in [0.1, 0.15) is 5.69 Å². The Balaban J connectivity index is 2.25. The van der Waals surface area contributed by atoms with Crippen molar-refractivity contribution in [3.8, 4) is 0 Å². The lowest BCUT2D eigenvalue weighted by molar-refractivity contribution is 0.0706. The lowest BCUT2D eigenvalue weighted by Gasteiger charge is -2.32. The summed E-state index contributed by atoms with van der Waals surface area (Å²) in [6.45, 7) is 6.06. The summed E-state index contributed by atoms with van der Waals surface area (Å²) in [7, 11) is 0. The third-order valence-corrected chi connectivity index (χ3v) is 4.00. The van der Waals surface area contributed by atoms with E-state index < -0.39 is 5.91 Å². The van der Waals surface area contributed by atoms with E-state index in [-0.39, 0.29) is 17.4 Å². The molecule has 2 amide bonds. The highest BCUT2D eigenvalue weighted by Gasteiger charge is 2.28. The Kier molecular flexibility index (Phi) is 5.12. The van der Waals surface area contributed by atoms with Crippen LogP contribution >= 0.6 is 11.3 Å². The van der Waals surface area contributed by atoms with Crippen LogP contribution in [0.2, 0.25) is 0 Å². The molecule has 0 aliphatic heterocycles. The van der Waals surface area contributed by atoms with E-state index in [9.17, 15) is 9.59 Å². The minimum absolute atomic E-state index is 0.230. The van der Waals surface area contributed by atoms with Crippen LogP contribution in [0, 0.1) is 5.41 Å². The summed E-state index contributed by atoms with van der Waals surface area (Å²) < 4.78 is 0. The van der Waals surface area contributed by atoms with Crippen molar-refractivity contribution in [2.75, 3.05) is 0 Å². The highest BCUT2D eigenvalue weighted by Crippen LogP contribution is 2.33. The van der Waals surface area contributed by atoms with Crippen LogP contribution in [0.5, 0.6) is 0 Å². The summed E-state index contributed by atoms with van der Waals surface area (Å²) in [6, 6.07) is 6.50. The maximum absolute atomic E-state index is 12.3. The highest BCUT2D eigenvalue weighted by atomic mass is 32.1. The lowest BCUT2D eigenvalue weighted by Crippen LogP contribution is -2.36. The Labute approximate surface area is 138 Å². The molecule has 2 rings (SSSR count). The standard InChI is InChI=1S/C16H19N3O3S/c1-16(2,3)13(18-15(21)12-8-23-9-17-12)10-4-6-11(7-5-10)14(20)19-22/h4-9,13,22H,1-3H3,(H,18,21)(H,19,20). The molecule has 6 nitrogen and oxygen atoms in total. The Morgan fingerprint density at radius 2 is 1.83 bits per heavy atom. The molecule has 0 aliphatic carbocycles. The van der Waals surface area contributed by atoms with Gasteiger partial charge < -0.3 is 5.32 Å².